The van der Waals surface area contributed by atoms with Crippen molar-refractivity contribution in [1.82, 2.24) is 20.0 Å². The van der Waals surface area contributed by atoms with Crippen LogP contribution in [0.4, 0.5) is 0 Å². The van der Waals surface area contributed by atoms with Gasteiger partial charge < -0.3 is 10.2 Å². The average Bonchev–Trinajstić information content (AvgIpc) is 2.96. The van der Waals surface area contributed by atoms with Crippen LogP contribution >= 0.6 is 0 Å². The van der Waals surface area contributed by atoms with Gasteiger partial charge in [0.15, 0.2) is 0 Å². The van der Waals surface area contributed by atoms with E-state index in [9.17, 15) is 4.79 Å². The smallest absolute Gasteiger partial charge is 0.257 e. The molecule has 1 aromatic carbocycles. The van der Waals surface area contributed by atoms with Crippen molar-refractivity contribution in [3.05, 3.63) is 47.8 Å². The Bertz CT molecular complexity index is 592. The lowest BCUT2D eigenvalue weighted by Gasteiger charge is -2.17. The highest BCUT2D eigenvalue weighted by Crippen LogP contribution is 2.17. The fourth-order valence-corrected chi connectivity index (χ4v) is 2.27. The van der Waals surface area contributed by atoms with Gasteiger partial charge in [-0.25, -0.2) is 4.68 Å². The standard InChI is InChI=1S/C16H22N4O/c1-4-15-14(16(21)19(3)11-10-17-2)12-18-20(15)13-8-6-5-7-9-13/h5-9,12,17H,4,10-11H2,1-3H3. The number of carbonyl (C=O) groups is 1. The molecule has 0 fully saturated rings. The van der Waals surface area contributed by atoms with Crippen molar-refractivity contribution in [1.29, 1.82) is 0 Å². The lowest BCUT2D eigenvalue weighted by molar-refractivity contribution is 0.0796. The minimum Gasteiger partial charge on any atom is -0.340 e. The summed E-state index contributed by atoms with van der Waals surface area (Å²) in [7, 11) is 3.70. The summed E-state index contributed by atoms with van der Waals surface area (Å²) in [5, 5.41) is 7.44. The highest BCUT2D eigenvalue weighted by atomic mass is 16.2. The number of hydrogen-bond acceptors (Lipinski definition) is 3. The Kier molecular flexibility index (Phi) is 5.11. The van der Waals surface area contributed by atoms with Crippen LogP contribution in [0.3, 0.4) is 0 Å². The quantitative estimate of drug-likeness (QED) is 0.880. The highest BCUT2D eigenvalue weighted by Gasteiger charge is 2.19. The summed E-state index contributed by atoms with van der Waals surface area (Å²) in [5.41, 5.74) is 2.61. The minimum absolute atomic E-state index is 0.0179. The van der Waals surface area contributed by atoms with E-state index in [2.05, 4.69) is 10.4 Å². The predicted molar refractivity (Wildman–Crippen MR) is 83.8 cm³/mol. The van der Waals surface area contributed by atoms with Crippen molar-refractivity contribution in [2.75, 3.05) is 27.2 Å². The van der Waals surface area contributed by atoms with Crippen molar-refractivity contribution in [2.45, 2.75) is 13.3 Å². The number of benzene rings is 1. The average molecular weight is 286 g/mol. The second-order valence-electron chi connectivity index (χ2n) is 4.94. The zero-order chi connectivity index (χ0) is 15.2. The van der Waals surface area contributed by atoms with E-state index in [-0.39, 0.29) is 5.91 Å². The Labute approximate surface area is 125 Å². The van der Waals surface area contributed by atoms with E-state index in [4.69, 9.17) is 0 Å². The molecule has 0 aliphatic heterocycles. The van der Waals surface area contributed by atoms with Crippen LogP contribution in [0.15, 0.2) is 36.5 Å². The molecule has 1 heterocycles. The number of nitrogens with one attached hydrogen (secondary N) is 1. The first-order chi connectivity index (χ1) is 10.2. The first-order valence-corrected chi connectivity index (χ1v) is 7.21. The maximum Gasteiger partial charge on any atom is 0.257 e. The lowest BCUT2D eigenvalue weighted by atomic mass is 10.1. The Hall–Kier alpha value is -2.14. The normalized spacial score (nSPS) is 10.6. The maximum absolute atomic E-state index is 12.5. The first-order valence-electron chi connectivity index (χ1n) is 7.21. The second kappa shape index (κ2) is 7.04. The van der Waals surface area contributed by atoms with Gasteiger partial charge in [0.25, 0.3) is 5.91 Å². The molecular weight excluding hydrogens is 264 g/mol. The van der Waals surface area contributed by atoms with Gasteiger partial charge in [0, 0.05) is 20.1 Å². The molecule has 1 N–H and O–H groups in total. The topological polar surface area (TPSA) is 50.2 Å². The molecule has 112 valence electrons. The number of carbonyl (C=O) groups excluding carboxylic acids is 1. The summed E-state index contributed by atoms with van der Waals surface area (Å²) in [4.78, 5) is 14.2. The third-order valence-electron chi connectivity index (χ3n) is 3.48. The molecular formula is C16H22N4O. The molecule has 5 heteroatoms. The predicted octanol–water partition coefficient (Wildman–Crippen LogP) is 1.73. The monoisotopic (exact) mass is 286 g/mol. The van der Waals surface area contributed by atoms with Gasteiger partial charge >= 0.3 is 0 Å². The van der Waals surface area contributed by atoms with Crippen molar-refractivity contribution in [3.8, 4) is 5.69 Å². The molecule has 0 saturated heterocycles. The van der Waals surface area contributed by atoms with Gasteiger partial charge in [0.2, 0.25) is 0 Å². The fourth-order valence-electron chi connectivity index (χ4n) is 2.27. The highest BCUT2D eigenvalue weighted by molar-refractivity contribution is 5.95. The molecule has 0 atom stereocenters. The van der Waals surface area contributed by atoms with E-state index < -0.39 is 0 Å². The van der Waals surface area contributed by atoms with Gasteiger partial charge in [-0.15, -0.1) is 0 Å². The second-order valence-corrected chi connectivity index (χ2v) is 4.94. The van der Waals surface area contributed by atoms with Gasteiger partial charge in [0.1, 0.15) is 0 Å². The molecule has 0 radical (unpaired) electrons. The number of para-hydroxylation sites is 1. The van der Waals surface area contributed by atoms with Crippen molar-refractivity contribution < 1.29 is 4.79 Å². The number of likely N-dealkylation sites (N-methyl/N-ethyl adjacent to an activating group) is 2. The SMILES string of the molecule is CCc1c(C(=O)N(C)CCNC)cnn1-c1ccccc1. The van der Waals surface area contributed by atoms with Crippen molar-refractivity contribution in [2.24, 2.45) is 0 Å². The lowest BCUT2D eigenvalue weighted by Crippen LogP contribution is -2.33. The molecule has 0 spiro atoms. The van der Waals surface area contributed by atoms with Crippen LogP contribution in [0.5, 0.6) is 0 Å². The molecule has 21 heavy (non-hydrogen) atoms. The van der Waals surface area contributed by atoms with Gasteiger partial charge in [-0.05, 0) is 25.6 Å². The summed E-state index contributed by atoms with van der Waals surface area (Å²) in [6.07, 6.45) is 2.43. The Morgan fingerprint density at radius 2 is 2.05 bits per heavy atom. The molecule has 5 nitrogen and oxygen atoms in total. The van der Waals surface area contributed by atoms with Gasteiger partial charge in [-0.2, -0.15) is 5.10 Å². The molecule has 1 amide bonds. The van der Waals surface area contributed by atoms with Gasteiger partial charge in [0.05, 0.1) is 23.1 Å². The maximum atomic E-state index is 12.5. The molecule has 0 unspecified atom stereocenters. The number of rotatable bonds is 6. The van der Waals surface area contributed by atoms with Crippen molar-refractivity contribution >= 4 is 5.91 Å². The molecule has 2 aromatic rings. The molecule has 1 aromatic heterocycles. The van der Waals surface area contributed by atoms with Crippen LogP contribution in [0.2, 0.25) is 0 Å². The fraction of sp³-hybridized carbons (Fsp3) is 0.375. The van der Waals surface area contributed by atoms with Gasteiger partial charge in [-0.3, -0.25) is 4.79 Å². The first kappa shape index (κ1) is 15.3. The van der Waals surface area contributed by atoms with Crippen LogP contribution in [0.1, 0.15) is 23.0 Å². The molecule has 0 bridgehead atoms. The van der Waals surface area contributed by atoms with Crippen LogP contribution in [0.25, 0.3) is 5.69 Å². The molecule has 2 rings (SSSR count). The van der Waals surface area contributed by atoms with Crippen LogP contribution in [-0.4, -0.2) is 47.8 Å². The van der Waals surface area contributed by atoms with E-state index in [0.717, 1.165) is 24.3 Å². The zero-order valence-corrected chi connectivity index (χ0v) is 12.8. The Morgan fingerprint density at radius 1 is 1.33 bits per heavy atom. The van der Waals surface area contributed by atoms with Crippen LogP contribution < -0.4 is 5.32 Å². The number of aromatic nitrogens is 2. The minimum atomic E-state index is 0.0179. The molecule has 0 aliphatic carbocycles. The van der Waals surface area contributed by atoms with Crippen LogP contribution in [0, 0.1) is 0 Å². The summed E-state index contributed by atoms with van der Waals surface area (Å²) in [5.74, 6) is 0.0179. The summed E-state index contributed by atoms with van der Waals surface area (Å²) in [6, 6.07) is 9.89. The van der Waals surface area contributed by atoms with E-state index in [1.807, 2.05) is 56.0 Å². The largest absolute Gasteiger partial charge is 0.340 e. The van der Waals surface area contributed by atoms with E-state index >= 15 is 0 Å². The number of hydrogen-bond donors (Lipinski definition) is 1. The zero-order valence-electron chi connectivity index (χ0n) is 12.8. The summed E-state index contributed by atoms with van der Waals surface area (Å²) >= 11 is 0. The van der Waals surface area contributed by atoms with Gasteiger partial charge in [-0.1, -0.05) is 25.1 Å². The van der Waals surface area contributed by atoms with Crippen molar-refractivity contribution in [3.63, 3.8) is 0 Å². The number of amides is 1. The molecule has 0 saturated carbocycles. The summed E-state index contributed by atoms with van der Waals surface area (Å²) < 4.78 is 1.85. The van der Waals surface area contributed by atoms with E-state index in [0.29, 0.717) is 12.1 Å². The molecule has 0 aliphatic rings. The number of nitrogens with zero attached hydrogens (tertiary/aromatic N) is 3. The van der Waals surface area contributed by atoms with E-state index in [1.165, 1.54) is 0 Å². The Morgan fingerprint density at radius 3 is 2.67 bits per heavy atom. The third-order valence-corrected chi connectivity index (χ3v) is 3.48. The van der Waals surface area contributed by atoms with Crippen LogP contribution in [-0.2, 0) is 6.42 Å². The van der Waals surface area contributed by atoms with E-state index in [1.54, 1.807) is 11.1 Å². The summed E-state index contributed by atoms with van der Waals surface area (Å²) in [6.45, 7) is 3.49. The third kappa shape index (κ3) is 3.31. The Balaban J connectivity index is 2.30.